The molecule has 1 heterocycles. The lowest BCUT2D eigenvalue weighted by atomic mass is 10.2. The topological polar surface area (TPSA) is 51.2 Å². The second-order valence-electron chi connectivity index (χ2n) is 3.27. The van der Waals surface area contributed by atoms with E-state index < -0.39 is 11.7 Å². The zero-order chi connectivity index (χ0) is 12.5. The second-order valence-corrected chi connectivity index (χ2v) is 3.64. The fourth-order valence-corrected chi connectivity index (χ4v) is 1.30. The van der Waals surface area contributed by atoms with E-state index in [4.69, 9.17) is 16.3 Å². The molecule has 0 aliphatic heterocycles. The molecular formula is C11H14ClFN2O2. The van der Waals surface area contributed by atoms with Crippen molar-refractivity contribution in [1.29, 1.82) is 0 Å². The van der Waals surface area contributed by atoms with Gasteiger partial charge in [-0.2, -0.15) is 0 Å². The van der Waals surface area contributed by atoms with E-state index in [0.29, 0.717) is 32.1 Å². The van der Waals surface area contributed by atoms with Crippen LogP contribution in [0.1, 0.15) is 16.8 Å². The molecule has 1 aromatic heterocycles. The first-order valence-electron chi connectivity index (χ1n) is 5.27. The summed E-state index contributed by atoms with van der Waals surface area (Å²) in [4.78, 5) is 15.1. The molecule has 1 amide bonds. The maximum Gasteiger partial charge on any atom is 0.254 e. The average Bonchev–Trinajstić information content (AvgIpc) is 2.34. The molecular weight excluding hydrogens is 247 g/mol. The Kier molecular flexibility index (Phi) is 6.50. The number of hydrogen-bond donors (Lipinski definition) is 1. The Balaban J connectivity index is 2.24. The van der Waals surface area contributed by atoms with Crippen LogP contribution in [0, 0.1) is 5.82 Å². The predicted octanol–water partition coefficient (Wildman–Crippen LogP) is 1.60. The summed E-state index contributed by atoms with van der Waals surface area (Å²) >= 11 is 5.42. The molecule has 1 rings (SSSR count). The van der Waals surface area contributed by atoms with Gasteiger partial charge in [0.15, 0.2) is 5.82 Å². The molecule has 0 aliphatic carbocycles. The van der Waals surface area contributed by atoms with Gasteiger partial charge in [-0.05, 0) is 12.5 Å². The maximum absolute atomic E-state index is 13.2. The van der Waals surface area contributed by atoms with E-state index in [1.807, 2.05) is 0 Å². The van der Waals surface area contributed by atoms with Crippen LogP contribution in [0.25, 0.3) is 0 Å². The third kappa shape index (κ3) is 5.10. The monoisotopic (exact) mass is 260 g/mol. The van der Waals surface area contributed by atoms with E-state index in [0.717, 1.165) is 6.20 Å². The average molecular weight is 261 g/mol. The second kappa shape index (κ2) is 7.97. The number of halogens is 2. The zero-order valence-electron chi connectivity index (χ0n) is 9.29. The van der Waals surface area contributed by atoms with Crippen molar-refractivity contribution in [2.24, 2.45) is 0 Å². The van der Waals surface area contributed by atoms with Crippen molar-refractivity contribution < 1.29 is 13.9 Å². The Morgan fingerprint density at radius 2 is 2.35 bits per heavy atom. The standard InChI is InChI=1S/C11H14ClFN2O2/c12-3-7-17-6-1-4-15-11(16)9-2-5-14-8-10(9)13/h2,5,8H,1,3-4,6-7H2,(H,15,16). The summed E-state index contributed by atoms with van der Waals surface area (Å²) in [5, 5.41) is 2.60. The minimum Gasteiger partial charge on any atom is -0.380 e. The molecule has 0 saturated carbocycles. The van der Waals surface area contributed by atoms with E-state index >= 15 is 0 Å². The number of carbonyl (C=O) groups excluding carboxylic acids is 1. The van der Waals surface area contributed by atoms with Crippen molar-refractivity contribution in [3.8, 4) is 0 Å². The van der Waals surface area contributed by atoms with Gasteiger partial charge >= 0.3 is 0 Å². The van der Waals surface area contributed by atoms with Crippen molar-refractivity contribution in [3.05, 3.63) is 29.8 Å². The van der Waals surface area contributed by atoms with Crippen LogP contribution < -0.4 is 5.32 Å². The number of nitrogens with zero attached hydrogens (tertiary/aromatic N) is 1. The number of ether oxygens (including phenoxy) is 1. The Labute approximate surface area is 104 Å². The smallest absolute Gasteiger partial charge is 0.254 e. The van der Waals surface area contributed by atoms with Gasteiger partial charge in [0.1, 0.15) is 0 Å². The maximum atomic E-state index is 13.2. The third-order valence-corrected chi connectivity index (χ3v) is 2.14. The minimum atomic E-state index is -0.622. The molecule has 0 atom stereocenters. The molecule has 0 bridgehead atoms. The number of alkyl halides is 1. The zero-order valence-corrected chi connectivity index (χ0v) is 10.0. The molecule has 94 valence electrons. The Morgan fingerprint density at radius 3 is 3.06 bits per heavy atom. The highest BCUT2D eigenvalue weighted by molar-refractivity contribution is 6.17. The quantitative estimate of drug-likeness (QED) is 0.598. The molecule has 1 aromatic rings. The molecule has 4 nitrogen and oxygen atoms in total. The van der Waals surface area contributed by atoms with Crippen LogP contribution in [-0.2, 0) is 4.74 Å². The molecule has 0 unspecified atom stereocenters. The summed E-state index contributed by atoms with van der Waals surface area (Å²) in [6.45, 7) is 1.45. The van der Waals surface area contributed by atoms with Gasteiger partial charge in [0.2, 0.25) is 0 Å². The third-order valence-electron chi connectivity index (χ3n) is 1.99. The molecule has 1 N–H and O–H groups in total. The Hall–Kier alpha value is -1.20. The number of amides is 1. The largest absolute Gasteiger partial charge is 0.380 e. The van der Waals surface area contributed by atoms with Gasteiger partial charge in [-0.1, -0.05) is 0 Å². The molecule has 6 heteroatoms. The number of hydrogen-bond acceptors (Lipinski definition) is 3. The van der Waals surface area contributed by atoms with Crippen LogP contribution in [0.5, 0.6) is 0 Å². The van der Waals surface area contributed by atoms with Crippen molar-refractivity contribution in [2.75, 3.05) is 25.6 Å². The highest BCUT2D eigenvalue weighted by atomic mass is 35.5. The lowest BCUT2D eigenvalue weighted by Gasteiger charge is -2.05. The molecule has 0 fully saturated rings. The van der Waals surface area contributed by atoms with Crippen LogP contribution in [0.3, 0.4) is 0 Å². The number of pyridine rings is 1. The molecule has 0 spiro atoms. The molecule has 0 aliphatic rings. The van der Waals surface area contributed by atoms with Crippen molar-refractivity contribution in [2.45, 2.75) is 6.42 Å². The van der Waals surface area contributed by atoms with E-state index in [1.54, 1.807) is 0 Å². The Bertz CT molecular complexity index is 363. The van der Waals surface area contributed by atoms with Crippen LogP contribution in [-0.4, -0.2) is 36.5 Å². The first-order chi connectivity index (χ1) is 8.25. The summed E-state index contributed by atoms with van der Waals surface area (Å²) in [6, 6.07) is 1.34. The highest BCUT2D eigenvalue weighted by Crippen LogP contribution is 2.03. The molecule has 0 saturated heterocycles. The molecule has 17 heavy (non-hydrogen) atoms. The van der Waals surface area contributed by atoms with Crippen LogP contribution >= 0.6 is 11.6 Å². The van der Waals surface area contributed by atoms with Gasteiger partial charge in [-0.15, -0.1) is 11.6 Å². The summed E-state index contributed by atoms with van der Waals surface area (Å²) in [5.74, 6) is -0.611. The highest BCUT2D eigenvalue weighted by Gasteiger charge is 2.09. The number of aromatic nitrogens is 1. The SMILES string of the molecule is O=C(NCCCOCCCl)c1ccncc1F. The molecule has 0 aromatic carbocycles. The van der Waals surface area contributed by atoms with Gasteiger partial charge in [-0.3, -0.25) is 9.78 Å². The van der Waals surface area contributed by atoms with Crippen LogP contribution in [0.2, 0.25) is 0 Å². The van der Waals surface area contributed by atoms with Crippen molar-refractivity contribution in [1.82, 2.24) is 10.3 Å². The number of nitrogens with one attached hydrogen (secondary N) is 1. The predicted molar refractivity (Wildman–Crippen MR) is 62.7 cm³/mol. The van der Waals surface area contributed by atoms with Gasteiger partial charge in [0, 0.05) is 25.2 Å². The van der Waals surface area contributed by atoms with Crippen LogP contribution in [0.15, 0.2) is 18.5 Å². The lowest BCUT2D eigenvalue weighted by molar-refractivity contribution is 0.0940. The summed E-state index contributed by atoms with van der Waals surface area (Å²) in [7, 11) is 0. The van der Waals surface area contributed by atoms with Gasteiger partial charge in [0.25, 0.3) is 5.91 Å². The normalized spacial score (nSPS) is 10.2. The fourth-order valence-electron chi connectivity index (χ4n) is 1.19. The van der Waals surface area contributed by atoms with E-state index in [-0.39, 0.29) is 5.56 Å². The lowest BCUT2D eigenvalue weighted by Crippen LogP contribution is -2.26. The number of carbonyl (C=O) groups is 1. The Morgan fingerprint density at radius 1 is 1.53 bits per heavy atom. The number of rotatable bonds is 7. The van der Waals surface area contributed by atoms with E-state index in [1.165, 1.54) is 12.3 Å². The van der Waals surface area contributed by atoms with Gasteiger partial charge in [-0.25, -0.2) is 4.39 Å². The first-order valence-corrected chi connectivity index (χ1v) is 5.80. The van der Waals surface area contributed by atoms with E-state index in [2.05, 4.69) is 10.3 Å². The molecule has 0 radical (unpaired) electrons. The first kappa shape index (κ1) is 13.9. The van der Waals surface area contributed by atoms with Crippen LogP contribution in [0.4, 0.5) is 4.39 Å². The van der Waals surface area contributed by atoms with E-state index in [9.17, 15) is 9.18 Å². The fraction of sp³-hybridized carbons (Fsp3) is 0.455. The van der Waals surface area contributed by atoms with Gasteiger partial charge < -0.3 is 10.1 Å². The minimum absolute atomic E-state index is 0.00155. The van der Waals surface area contributed by atoms with Crippen molar-refractivity contribution >= 4 is 17.5 Å². The summed E-state index contributed by atoms with van der Waals surface area (Å²) in [5.41, 5.74) is 0.00155. The summed E-state index contributed by atoms with van der Waals surface area (Å²) in [6.07, 6.45) is 3.05. The summed E-state index contributed by atoms with van der Waals surface area (Å²) < 4.78 is 18.3. The van der Waals surface area contributed by atoms with Crippen molar-refractivity contribution in [3.63, 3.8) is 0 Å². The van der Waals surface area contributed by atoms with Gasteiger partial charge in [0.05, 0.1) is 18.4 Å².